The number of carbonyl (C=O) groups excluding carboxylic acids is 2. The number of esters is 1. The minimum absolute atomic E-state index is 0.0242. The van der Waals surface area contributed by atoms with Crippen LogP contribution in [0.3, 0.4) is 0 Å². The van der Waals surface area contributed by atoms with E-state index in [1.165, 1.54) is 0 Å². The van der Waals surface area contributed by atoms with Gasteiger partial charge in [0, 0.05) is 23.4 Å². The highest BCUT2D eigenvalue weighted by Gasteiger charge is 2.31. The van der Waals surface area contributed by atoms with Gasteiger partial charge in [0.1, 0.15) is 5.60 Å². The van der Waals surface area contributed by atoms with E-state index in [-0.39, 0.29) is 35.2 Å². The molecule has 1 amide bonds. The van der Waals surface area contributed by atoms with E-state index in [4.69, 9.17) is 9.47 Å². The second-order valence-corrected chi connectivity index (χ2v) is 13.1. The second kappa shape index (κ2) is 13.0. The van der Waals surface area contributed by atoms with Crippen molar-refractivity contribution in [2.24, 2.45) is 5.92 Å². The Balaban J connectivity index is 1.35. The summed E-state index contributed by atoms with van der Waals surface area (Å²) in [5.41, 5.74) is 0.861. The molecule has 0 bridgehead atoms. The molecule has 1 aliphatic rings. The quantitative estimate of drug-likeness (QED) is 0.321. The number of carbonyl (C=O) groups is 2. The average molecular weight is 582 g/mol. The molecule has 41 heavy (non-hydrogen) atoms. The number of rotatable bonds is 10. The number of nitrogens with zero attached hydrogens (tertiary/aromatic N) is 1. The van der Waals surface area contributed by atoms with Crippen LogP contribution in [0, 0.1) is 5.92 Å². The molecule has 1 fully saturated rings. The summed E-state index contributed by atoms with van der Waals surface area (Å²) in [6.07, 6.45) is 2.17. The van der Waals surface area contributed by atoms with Crippen LogP contribution in [0.1, 0.15) is 71.4 Å². The van der Waals surface area contributed by atoms with E-state index in [1.807, 2.05) is 58.0 Å². The molecular formula is C31H39N3O6S. The molecule has 0 aliphatic heterocycles. The molecule has 2 N–H and O–H groups in total. The van der Waals surface area contributed by atoms with Crippen molar-refractivity contribution in [1.82, 2.24) is 15.0 Å². The largest absolute Gasteiger partial charge is 0.478 e. The first-order chi connectivity index (χ1) is 19.4. The SMILES string of the molecule is CCOc1ccc2cc(S(=O)(=O)NC3CCC(C(=O)N[C@H](CC(=O)OC(C)(C)C)c4ccccc4)CC3)ccc2n1. The van der Waals surface area contributed by atoms with Crippen LogP contribution in [0.2, 0.25) is 0 Å². The van der Waals surface area contributed by atoms with Gasteiger partial charge in [0.25, 0.3) is 0 Å². The molecule has 1 aromatic heterocycles. The fourth-order valence-corrected chi connectivity index (χ4v) is 6.36. The van der Waals surface area contributed by atoms with Crippen LogP contribution >= 0.6 is 0 Å². The topological polar surface area (TPSA) is 124 Å². The second-order valence-electron chi connectivity index (χ2n) is 11.4. The molecule has 10 heteroatoms. The third-order valence-corrected chi connectivity index (χ3v) is 8.48. The van der Waals surface area contributed by atoms with Crippen molar-refractivity contribution in [2.75, 3.05) is 6.61 Å². The van der Waals surface area contributed by atoms with Gasteiger partial charge in [-0.2, -0.15) is 0 Å². The normalized spacial score (nSPS) is 18.4. The maximum atomic E-state index is 13.2. The highest BCUT2D eigenvalue weighted by Crippen LogP contribution is 2.28. The van der Waals surface area contributed by atoms with E-state index < -0.39 is 21.7 Å². The number of ether oxygens (including phenoxy) is 2. The van der Waals surface area contributed by atoms with Crippen molar-refractivity contribution >= 4 is 32.8 Å². The highest BCUT2D eigenvalue weighted by molar-refractivity contribution is 7.89. The van der Waals surface area contributed by atoms with Crippen molar-refractivity contribution in [3.05, 3.63) is 66.2 Å². The van der Waals surface area contributed by atoms with E-state index in [0.717, 1.165) is 5.56 Å². The predicted molar refractivity (Wildman–Crippen MR) is 157 cm³/mol. The van der Waals surface area contributed by atoms with Gasteiger partial charge in [-0.3, -0.25) is 9.59 Å². The van der Waals surface area contributed by atoms with Crippen molar-refractivity contribution < 1.29 is 27.5 Å². The standard InChI is InChI=1S/C31H39N3O6S/c1-5-39-28-18-13-23-19-25(16-17-26(23)32-28)41(37,38)34-24-14-11-22(12-15-24)30(36)33-27(21-9-7-6-8-10-21)20-29(35)40-31(2,3)4/h6-10,13,16-19,22,24,27,34H,5,11-12,14-15,20H2,1-4H3,(H,33,36)/t22?,24?,27-/m1/s1. The Morgan fingerprint density at radius 3 is 2.37 bits per heavy atom. The minimum Gasteiger partial charge on any atom is -0.478 e. The number of fused-ring (bicyclic) bond motifs is 1. The Bertz CT molecular complexity index is 1460. The lowest BCUT2D eigenvalue weighted by Gasteiger charge is -2.30. The lowest BCUT2D eigenvalue weighted by atomic mass is 9.85. The van der Waals surface area contributed by atoms with E-state index in [9.17, 15) is 18.0 Å². The highest BCUT2D eigenvalue weighted by atomic mass is 32.2. The zero-order valence-electron chi connectivity index (χ0n) is 24.1. The van der Waals surface area contributed by atoms with E-state index in [1.54, 1.807) is 30.3 Å². The molecule has 220 valence electrons. The number of sulfonamides is 1. The summed E-state index contributed by atoms with van der Waals surface area (Å²) >= 11 is 0. The summed E-state index contributed by atoms with van der Waals surface area (Å²) in [6, 6.07) is 16.9. The smallest absolute Gasteiger partial charge is 0.308 e. The summed E-state index contributed by atoms with van der Waals surface area (Å²) < 4.78 is 40.0. The van der Waals surface area contributed by atoms with E-state index >= 15 is 0 Å². The molecule has 1 heterocycles. The first-order valence-electron chi connectivity index (χ1n) is 14.1. The molecule has 3 aromatic rings. The summed E-state index contributed by atoms with van der Waals surface area (Å²) in [5, 5.41) is 3.75. The fourth-order valence-electron chi connectivity index (χ4n) is 5.02. The molecule has 0 saturated heterocycles. The number of amides is 1. The monoisotopic (exact) mass is 581 g/mol. The Hall–Kier alpha value is -3.50. The average Bonchev–Trinajstić information content (AvgIpc) is 2.92. The molecule has 0 radical (unpaired) electrons. The zero-order chi connectivity index (χ0) is 29.6. The van der Waals surface area contributed by atoms with Crippen molar-refractivity contribution in [1.29, 1.82) is 0 Å². The Kier molecular flexibility index (Phi) is 9.65. The molecule has 1 saturated carbocycles. The van der Waals surface area contributed by atoms with Gasteiger partial charge in [-0.05, 0) is 83.2 Å². The maximum Gasteiger partial charge on any atom is 0.308 e. The third kappa shape index (κ3) is 8.50. The fraction of sp³-hybridized carbons (Fsp3) is 0.452. The lowest BCUT2D eigenvalue weighted by Crippen LogP contribution is -2.42. The summed E-state index contributed by atoms with van der Waals surface area (Å²) in [7, 11) is -3.75. The number of hydrogen-bond acceptors (Lipinski definition) is 7. The summed E-state index contributed by atoms with van der Waals surface area (Å²) in [4.78, 5) is 30.4. The Morgan fingerprint density at radius 2 is 1.71 bits per heavy atom. The van der Waals surface area contributed by atoms with Gasteiger partial charge >= 0.3 is 5.97 Å². The number of nitrogens with one attached hydrogen (secondary N) is 2. The molecule has 2 aromatic carbocycles. The van der Waals surface area contributed by atoms with Crippen molar-refractivity contribution in [3.63, 3.8) is 0 Å². The molecule has 9 nitrogen and oxygen atoms in total. The Labute approximate surface area is 242 Å². The van der Waals surface area contributed by atoms with Crippen LogP contribution in [-0.2, 0) is 24.3 Å². The molecule has 4 rings (SSSR count). The first kappa shape index (κ1) is 30.5. The maximum absolute atomic E-state index is 13.2. The van der Waals surface area contributed by atoms with Gasteiger partial charge in [-0.25, -0.2) is 18.1 Å². The molecule has 0 unspecified atom stereocenters. The molecule has 1 atom stereocenters. The summed E-state index contributed by atoms with van der Waals surface area (Å²) in [6.45, 7) is 7.80. The van der Waals surface area contributed by atoms with Gasteiger partial charge in [0.05, 0.1) is 29.5 Å². The van der Waals surface area contributed by atoms with Crippen molar-refractivity contribution in [2.45, 2.75) is 82.4 Å². The summed E-state index contributed by atoms with van der Waals surface area (Å²) in [5.74, 6) is -0.303. The van der Waals surface area contributed by atoms with Gasteiger partial charge in [0.2, 0.25) is 21.8 Å². The van der Waals surface area contributed by atoms with Crippen molar-refractivity contribution in [3.8, 4) is 5.88 Å². The molecule has 1 aliphatic carbocycles. The Morgan fingerprint density at radius 1 is 1.00 bits per heavy atom. The number of benzene rings is 2. The van der Waals surface area contributed by atoms with Crippen LogP contribution in [0.5, 0.6) is 5.88 Å². The lowest BCUT2D eigenvalue weighted by molar-refractivity contribution is -0.155. The number of hydrogen-bond donors (Lipinski definition) is 2. The third-order valence-electron chi connectivity index (χ3n) is 6.97. The van der Waals surface area contributed by atoms with Crippen LogP contribution in [0.15, 0.2) is 65.6 Å². The number of pyridine rings is 1. The van der Waals surface area contributed by atoms with Gasteiger partial charge < -0.3 is 14.8 Å². The minimum atomic E-state index is -3.75. The van der Waals surface area contributed by atoms with Gasteiger partial charge in [-0.1, -0.05) is 30.3 Å². The van der Waals surface area contributed by atoms with Crippen LogP contribution in [-0.4, -0.2) is 43.5 Å². The van der Waals surface area contributed by atoms with E-state index in [0.29, 0.717) is 49.1 Å². The molecular weight excluding hydrogens is 542 g/mol. The number of aromatic nitrogens is 1. The zero-order valence-corrected chi connectivity index (χ0v) is 24.9. The van der Waals surface area contributed by atoms with Crippen LogP contribution < -0.4 is 14.8 Å². The van der Waals surface area contributed by atoms with Gasteiger partial charge in [-0.15, -0.1) is 0 Å². The van der Waals surface area contributed by atoms with Gasteiger partial charge in [0.15, 0.2) is 0 Å². The van der Waals surface area contributed by atoms with Crippen LogP contribution in [0.25, 0.3) is 10.9 Å². The van der Waals surface area contributed by atoms with Crippen LogP contribution in [0.4, 0.5) is 0 Å². The van der Waals surface area contributed by atoms with E-state index in [2.05, 4.69) is 15.0 Å². The predicted octanol–water partition coefficient (Wildman–Crippen LogP) is 5.06. The first-order valence-corrected chi connectivity index (χ1v) is 15.5. The molecule has 0 spiro atoms.